The molecule has 0 fully saturated rings. The normalized spacial score (nSPS) is 10.6. The maximum absolute atomic E-state index is 9.93. The van der Waals surface area contributed by atoms with Crippen LogP contribution in [0.2, 0.25) is 0 Å². The Morgan fingerprint density at radius 1 is 0.955 bits per heavy atom. The van der Waals surface area contributed by atoms with Crippen LogP contribution in [0.4, 0.5) is 0 Å². The Morgan fingerprint density at radius 2 is 1.64 bits per heavy atom. The molecule has 0 spiro atoms. The maximum Gasteiger partial charge on any atom is 0.166 e. The van der Waals surface area contributed by atoms with Gasteiger partial charge in [0, 0.05) is 11.8 Å². The summed E-state index contributed by atoms with van der Waals surface area (Å²) >= 11 is 0. The average Bonchev–Trinajstić information content (AvgIpc) is 2.56. The molecule has 2 aromatic carbocycles. The first kappa shape index (κ1) is 15.7. The summed E-state index contributed by atoms with van der Waals surface area (Å²) < 4.78 is 15.9. The van der Waals surface area contributed by atoms with Crippen LogP contribution in [0.25, 0.3) is 0 Å². The summed E-state index contributed by atoms with van der Waals surface area (Å²) in [6.07, 6.45) is 1.60. The third-order valence-corrected chi connectivity index (χ3v) is 3.03. The van der Waals surface area contributed by atoms with Crippen LogP contribution in [0, 0.1) is 0 Å². The van der Waals surface area contributed by atoms with Gasteiger partial charge >= 0.3 is 0 Å². The summed E-state index contributed by atoms with van der Waals surface area (Å²) in [6, 6.07) is 12.7. The van der Waals surface area contributed by atoms with Crippen molar-refractivity contribution in [3.8, 4) is 23.0 Å². The molecule has 0 aliphatic rings. The zero-order chi connectivity index (χ0) is 15.8. The molecule has 5 heteroatoms. The largest absolute Gasteiger partial charge is 0.504 e. The number of aliphatic imine (C=N–C) groups is 1. The summed E-state index contributed by atoms with van der Waals surface area (Å²) in [6.45, 7) is 0.885. The molecular weight excluding hydrogens is 282 g/mol. The van der Waals surface area contributed by atoms with Crippen molar-refractivity contribution in [1.82, 2.24) is 0 Å². The molecule has 0 aliphatic carbocycles. The number of phenolic OH excluding ortho intramolecular Hbond substituents is 1. The van der Waals surface area contributed by atoms with E-state index < -0.39 is 0 Å². The molecule has 0 saturated heterocycles. The second-order valence-corrected chi connectivity index (χ2v) is 4.43. The molecule has 1 N–H and O–H groups in total. The van der Waals surface area contributed by atoms with Gasteiger partial charge in [0.1, 0.15) is 6.61 Å². The van der Waals surface area contributed by atoms with Gasteiger partial charge in [0.05, 0.1) is 20.8 Å². The molecule has 0 aromatic heterocycles. The Bertz CT molecular complexity index is 640. The number of benzene rings is 2. The lowest BCUT2D eigenvalue weighted by Gasteiger charge is -2.09. The smallest absolute Gasteiger partial charge is 0.166 e. The molecule has 0 radical (unpaired) electrons. The van der Waals surface area contributed by atoms with E-state index in [1.54, 1.807) is 31.5 Å². The maximum atomic E-state index is 9.93. The zero-order valence-electron chi connectivity index (χ0n) is 12.7. The third kappa shape index (κ3) is 3.91. The number of ether oxygens (including phenoxy) is 3. The van der Waals surface area contributed by atoms with Crippen LogP contribution in [-0.2, 0) is 0 Å². The predicted octanol–water partition coefficient (Wildman–Crippen LogP) is 2.91. The molecule has 22 heavy (non-hydrogen) atoms. The molecule has 0 atom stereocenters. The van der Waals surface area contributed by atoms with E-state index in [0.29, 0.717) is 36.0 Å². The van der Waals surface area contributed by atoms with E-state index in [1.165, 1.54) is 7.11 Å². The van der Waals surface area contributed by atoms with E-state index in [1.807, 2.05) is 24.3 Å². The molecule has 0 amide bonds. The lowest BCUT2D eigenvalue weighted by Crippen LogP contribution is -2.02. The number of hydrogen-bond acceptors (Lipinski definition) is 5. The van der Waals surface area contributed by atoms with E-state index in [0.717, 1.165) is 0 Å². The summed E-state index contributed by atoms with van der Waals surface area (Å²) in [5.41, 5.74) is 0.608. The van der Waals surface area contributed by atoms with Crippen molar-refractivity contribution in [2.45, 2.75) is 0 Å². The van der Waals surface area contributed by atoms with Gasteiger partial charge in [0.15, 0.2) is 23.0 Å². The van der Waals surface area contributed by atoms with Crippen LogP contribution in [0.15, 0.2) is 47.5 Å². The topological polar surface area (TPSA) is 60.3 Å². The Labute approximate surface area is 129 Å². The second-order valence-electron chi connectivity index (χ2n) is 4.43. The van der Waals surface area contributed by atoms with Crippen LogP contribution in [0.3, 0.4) is 0 Å². The minimum atomic E-state index is 0.0828. The summed E-state index contributed by atoms with van der Waals surface area (Å²) in [7, 11) is 3.11. The molecule has 0 aliphatic heterocycles. The third-order valence-electron chi connectivity index (χ3n) is 3.03. The van der Waals surface area contributed by atoms with Crippen molar-refractivity contribution in [1.29, 1.82) is 0 Å². The fraction of sp³-hybridized carbons (Fsp3) is 0.235. The van der Waals surface area contributed by atoms with Crippen molar-refractivity contribution in [2.75, 3.05) is 27.4 Å². The highest BCUT2D eigenvalue weighted by molar-refractivity contribution is 5.84. The molecular formula is C17H19NO4. The molecule has 2 aromatic rings. The molecule has 0 heterocycles. The van der Waals surface area contributed by atoms with Gasteiger partial charge in [-0.3, -0.25) is 4.99 Å². The SMILES string of the molecule is COc1ccccc1OCCN=Cc1cccc(OC)c1O. The van der Waals surface area contributed by atoms with Gasteiger partial charge in [0.2, 0.25) is 0 Å². The quantitative estimate of drug-likeness (QED) is 0.631. The van der Waals surface area contributed by atoms with Crippen LogP contribution >= 0.6 is 0 Å². The van der Waals surface area contributed by atoms with Gasteiger partial charge in [-0.2, -0.15) is 0 Å². The van der Waals surface area contributed by atoms with Crippen molar-refractivity contribution in [3.63, 3.8) is 0 Å². The second kappa shape index (κ2) is 7.93. The Kier molecular flexibility index (Phi) is 5.65. The van der Waals surface area contributed by atoms with Crippen molar-refractivity contribution in [3.05, 3.63) is 48.0 Å². The fourth-order valence-electron chi connectivity index (χ4n) is 1.92. The minimum absolute atomic E-state index is 0.0828. The highest BCUT2D eigenvalue weighted by Gasteiger charge is 2.04. The van der Waals surface area contributed by atoms with Gasteiger partial charge in [0.25, 0.3) is 0 Å². The molecule has 5 nitrogen and oxygen atoms in total. The molecule has 0 bridgehead atoms. The van der Waals surface area contributed by atoms with Gasteiger partial charge in [-0.05, 0) is 24.3 Å². The van der Waals surface area contributed by atoms with Crippen molar-refractivity contribution >= 4 is 6.21 Å². The number of aromatic hydroxyl groups is 1. The number of para-hydroxylation sites is 3. The van der Waals surface area contributed by atoms with E-state index >= 15 is 0 Å². The summed E-state index contributed by atoms with van der Waals surface area (Å²) in [5.74, 6) is 1.88. The summed E-state index contributed by atoms with van der Waals surface area (Å²) in [5, 5.41) is 9.93. The van der Waals surface area contributed by atoms with Gasteiger partial charge in [-0.25, -0.2) is 0 Å². The molecule has 116 valence electrons. The first-order chi connectivity index (χ1) is 10.8. The van der Waals surface area contributed by atoms with Crippen LogP contribution in [0.1, 0.15) is 5.56 Å². The van der Waals surface area contributed by atoms with Gasteiger partial charge in [-0.1, -0.05) is 18.2 Å². The number of phenols is 1. The first-order valence-corrected chi connectivity index (χ1v) is 6.88. The lowest BCUT2D eigenvalue weighted by atomic mass is 10.2. The lowest BCUT2D eigenvalue weighted by molar-refractivity contribution is 0.303. The van der Waals surface area contributed by atoms with Gasteiger partial charge in [-0.15, -0.1) is 0 Å². The predicted molar refractivity (Wildman–Crippen MR) is 85.6 cm³/mol. The van der Waals surface area contributed by atoms with Crippen molar-refractivity contribution in [2.24, 2.45) is 4.99 Å². The highest BCUT2D eigenvalue weighted by Crippen LogP contribution is 2.28. The van der Waals surface area contributed by atoms with Crippen LogP contribution in [0.5, 0.6) is 23.0 Å². The number of methoxy groups -OCH3 is 2. The molecule has 0 saturated carbocycles. The van der Waals surface area contributed by atoms with E-state index in [2.05, 4.69) is 4.99 Å². The Hall–Kier alpha value is -2.69. The number of rotatable bonds is 7. The van der Waals surface area contributed by atoms with E-state index in [9.17, 15) is 5.11 Å². The number of nitrogens with zero attached hydrogens (tertiary/aromatic N) is 1. The first-order valence-electron chi connectivity index (χ1n) is 6.88. The summed E-state index contributed by atoms with van der Waals surface area (Å²) in [4.78, 5) is 4.24. The van der Waals surface area contributed by atoms with Crippen LogP contribution in [-0.4, -0.2) is 38.7 Å². The standard InChI is InChI=1S/C17H19NO4/c1-20-14-7-3-4-8-15(14)22-11-10-18-12-13-6-5-9-16(21-2)17(13)19/h3-9,12,19H,10-11H2,1-2H3. The Morgan fingerprint density at radius 3 is 2.36 bits per heavy atom. The van der Waals surface area contributed by atoms with Crippen LogP contribution < -0.4 is 14.2 Å². The highest BCUT2D eigenvalue weighted by atomic mass is 16.5. The molecule has 0 unspecified atom stereocenters. The van der Waals surface area contributed by atoms with Gasteiger partial charge < -0.3 is 19.3 Å². The minimum Gasteiger partial charge on any atom is -0.504 e. The molecule has 2 rings (SSSR count). The monoisotopic (exact) mass is 301 g/mol. The van der Waals surface area contributed by atoms with E-state index in [-0.39, 0.29) is 5.75 Å². The average molecular weight is 301 g/mol. The fourth-order valence-corrected chi connectivity index (χ4v) is 1.92. The van der Waals surface area contributed by atoms with Crippen molar-refractivity contribution < 1.29 is 19.3 Å². The van der Waals surface area contributed by atoms with E-state index in [4.69, 9.17) is 14.2 Å². The Balaban J connectivity index is 1.89. The number of hydrogen-bond donors (Lipinski definition) is 1. The zero-order valence-corrected chi connectivity index (χ0v) is 12.7.